The van der Waals surface area contributed by atoms with Crippen LogP contribution in [0.25, 0.3) is 11.2 Å². The lowest BCUT2D eigenvalue weighted by Crippen LogP contribution is -2.33. The number of nitrogens with one attached hydrogen (secondary N) is 1. The largest absolute Gasteiger partial charge is 0.394 e. The number of hydrogen-bond acceptors (Lipinski definition) is 8. The van der Waals surface area contributed by atoms with Crippen LogP contribution >= 0.6 is 0 Å². The third-order valence-corrected chi connectivity index (χ3v) is 6.72. The molecule has 1 fully saturated rings. The van der Waals surface area contributed by atoms with Crippen LogP contribution < -0.4 is 5.32 Å². The molecule has 0 saturated carbocycles. The van der Waals surface area contributed by atoms with E-state index in [1.807, 2.05) is 18.2 Å². The highest BCUT2D eigenvalue weighted by atomic mass is 16.6. The van der Waals surface area contributed by atoms with Crippen molar-refractivity contribution in [2.45, 2.75) is 44.3 Å². The van der Waals surface area contributed by atoms with Crippen molar-refractivity contribution in [1.29, 1.82) is 0 Å². The first-order valence-corrected chi connectivity index (χ1v) is 11.6. The van der Waals surface area contributed by atoms with Crippen molar-refractivity contribution in [2.75, 3.05) is 18.5 Å². The Kier molecular flexibility index (Phi) is 6.48. The molecule has 1 aliphatic heterocycles. The Balaban J connectivity index is 1.46. The Labute approximate surface area is 203 Å². The van der Waals surface area contributed by atoms with Gasteiger partial charge in [-0.1, -0.05) is 48.5 Å². The Hall–Kier alpha value is -3.37. The Morgan fingerprint density at radius 2 is 1.71 bits per heavy atom. The third-order valence-electron chi connectivity index (χ3n) is 6.72. The summed E-state index contributed by atoms with van der Waals surface area (Å²) in [6, 6.07) is 16.7. The minimum absolute atomic E-state index is 0.0879. The molecule has 0 radical (unpaired) electrons. The van der Waals surface area contributed by atoms with Gasteiger partial charge in [0.1, 0.15) is 24.6 Å². The molecule has 3 heterocycles. The van der Waals surface area contributed by atoms with Crippen LogP contribution in [-0.4, -0.2) is 66.3 Å². The number of nitrogens with zero attached hydrogens (tertiary/aromatic N) is 4. The van der Waals surface area contributed by atoms with Gasteiger partial charge in [0.2, 0.25) is 0 Å². The zero-order valence-corrected chi connectivity index (χ0v) is 19.6. The van der Waals surface area contributed by atoms with Crippen molar-refractivity contribution >= 4 is 17.0 Å². The quantitative estimate of drug-likeness (QED) is 0.321. The number of imidazole rings is 1. The highest BCUT2D eigenvalue weighted by molar-refractivity contribution is 5.82. The number of fused-ring (bicyclic) bond motifs is 1. The average molecular weight is 476 g/mol. The summed E-state index contributed by atoms with van der Waals surface area (Å²) in [7, 11) is 0. The number of benzene rings is 2. The summed E-state index contributed by atoms with van der Waals surface area (Å²) < 4.78 is 7.22. The van der Waals surface area contributed by atoms with Crippen LogP contribution in [-0.2, 0) is 4.74 Å². The van der Waals surface area contributed by atoms with E-state index in [2.05, 4.69) is 64.4 Å². The number of anilines is 1. The second-order valence-electron chi connectivity index (χ2n) is 8.92. The molecule has 2 aromatic carbocycles. The summed E-state index contributed by atoms with van der Waals surface area (Å²) in [4.78, 5) is 13.2. The van der Waals surface area contributed by atoms with Gasteiger partial charge in [0, 0.05) is 12.5 Å². The standard InChI is InChI=1S/C26H29N5O4/c1-15-7-6-8-16(2)20(15)18(17-9-4-3-5-10-17)11-27-24-21-25(29-13-28-24)31(14-30-21)26-23(34)22(33)19(12-32)35-26/h3-10,13-14,18-19,22-23,26,32-34H,11-12H2,1-2H3,(H,27,28,29)/t18?,19-,22-,23-,26?/m1/s1. The first-order chi connectivity index (χ1) is 17.0. The maximum atomic E-state index is 10.4. The minimum Gasteiger partial charge on any atom is -0.394 e. The maximum Gasteiger partial charge on any atom is 0.167 e. The number of ether oxygens (including phenoxy) is 1. The highest BCUT2D eigenvalue weighted by Crippen LogP contribution is 2.33. The number of aliphatic hydroxyl groups excluding tert-OH is 3. The van der Waals surface area contributed by atoms with Gasteiger partial charge in [0.05, 0.1) is 12.9 Å². The molecule has 2 unspecified atom stereocenters. The predicted octanol–water partition coefficient (Wildman–Crippen LogP) is 2.30. The second-order valence-corrected chi connectivity index (χ2v) is 8.92. The van der Waals surface area contributed by atoms with E-state index in [4.69, 9.17) is 4.74 Å². The fourth-order valence-corrected chi connectivity index (χ4v) is 4.93. The van der Waals surface area contributed by atoms with Gasteiger partial charge in [-0.25, -0.2) is 15.0 Å². The summed E-state index contributed by atoms with van der Waals surface area (Å²) in [5.41, 5.74) is 5.90. The lowest BCUT2D eigenvalue weighted by molar-refractivity contribution is -0.0511. The number of aromatic nitrogens is 4. The molecule has 0 amide bonds. The van der Waals surface area contributed by atoms with Gasteiger partial charge in [0.25, 0.3) is 0 Å². The number of hydrogen-bond donors (Lipinski definition) is 4. The zero-order chi connectivity index (χ0) is 24.5. The molecule has 1 aliphatic rings. The van der Waals surface area contributed by atoms with Gasteiger partial charge in [0.15, 0.2) is 23.2 Å². The van der Waals surface area contributed by atoms with E-state index < -0.39 is 31.1 Å². The summed E-state index contributed by atoms with van der Waals surface area (Å²) in [6.07, 6.45) is -1.28. The average Bonchev–Trinajstić information content (AvgIpc) is 3.42. The molecule has 1 saturated heterocycles. The molecular weight excluding hydrogens is 446 g/mol. The van der Waals surface area contributed by atoms with Crippen LogP contribution in [0, 0.1) is 13.8 Å². The van der Waals surface area contributed by atoms with Crippen LogP contribution in [0.4, 0.5) is 5.82 Å². The molecule has 2 aromatic heterocycles. The molecule has 9 heteroatoms. The Morgan fingerprint density at radius 3 is 2.40 bits per heavy atom. The van der Waals surface area contributed by atoms with Gasteiger partial charge in [-0.05, 0) is 36.1 Å². The van der Waals surface area contributed by atoms with E-state index in [1.54, 1.807) is 4.57 Å². The Morgan fingerprint density at radius 1 is 0.971 bits per heavy atom. The molecule has 35 heavy (non-hydrogen) atoms. The van der Waals surface area contributed by atoms with Crippen LogP contribution in [0.2, 0.25) is 0 Å². The molecule has 182 valence electrons. The summed E-state index contributed by atoms with van der Waals surface area (Å²) >= 11 is 0. The smallest absolute Gasteiger partial charge is 0.167 e. The SMILES string of the molecule is Cc1cccc(C)c1C(CNc1ncnc2c1ncn2C1O[C@H](CO)[C@@H](O)[C@H]1O)c1ccccc1. The summed E-state index contributed by atoms with van der Waals surface area (Å²) in [5.74, 6) is 0.651. The molecule has 5 atom stereocenters. The van der Waals surface area contributed by atoms with Crippen molar-refractivity contribution in [2.24, 2.45) is 0 Å². The van der Waals surface area contributed by atoms with E-state index >= 15 is 0 Å². The molecule has 0 aliphatic carbocycles. The fourth-order valence-electron chi connectivity index (χ4n) is 4.93. The first-order valence-electron chi connectivity index (χ1n) is 11.6. The second kappa shape index (κ2) is 9.71. The van der Waals surface area contributed by atoms with Gasteiger partial charge in [-0.3, -0.25) is 4.57 Å². The lowest BCUT2D eigenvalue weighted by Gasteiger charge is -2.23. The molecule has 5 rings (SSSR count). The maximum absolute atomic E-state index is 10.4. The van der Waals surface area contributed by atoms with Gasteiger partial charge >= 0.3 is 0 Å². The molecule has 0 spiro atoms. The highest BCUT2D eigenvalue weighted by Gasteiger charge is 2.44. The molecular formula is C26H29N5O4. The summed E-state index contributed by atoms with van der Waals surface area (Å²) in [6.45, 7) is 4.44. The number of rotatable bonds is 7. The third kappa shape index (κ3) is 4.28. The minimum atomic E-state index is -1.22. The van der Waals surface area contributed by atoms with Crippen LogP contribution in [0.1, 0.15) is 34.4 Å². The number of aliphatic hydroxyl groups is 3. The lowest BCUT2D eigenvalue weighted by atomic mass is 9.85. The van der Waals surface area contributed by atoms with Crippen molar-refractivity contribution in [3.63, 3.8) is 0 Å². The molecule has 9 nitrogen and oxygen atoms in total. The van der Waals surface area contributed by atoms with Gasteiger partial charge < -0.3 is 25.4 Å². The first kappa shape index (κ1) is 23.4. The van der Waals surface area contributed by atoms with Crippen LogP contribution in [0.15, 0.2) is 61.2 Å². The van der Waals surface area contributed by atoms with Crippen molar-refractivity contribution in [3.8, 4) is 0 Å². The molecule has 4 N–H and O–H groups in total. The Bertz CT molecular complexity index is 1290. The zero-order valence-electron chi connectivity index (χ0n) is 19.6. The van der Waals surface area contributed by atoms with Gasteiger partial charge in [-0.15, -0.1) is 0 Å². The van der Waals surface area contributed by atoms with Crippen LogP contribution in [0.3, 0.4) is 0 Å². The number of aryl methyl sites for hydroxylation is 2. The van der Waals surface area contributed by atoms with E-state index in [9.17, 15) is 15.3 Å². The molecule has 4 aromatic rings. The normalized spacial score (nSPS) is 23.0. The van der Waals surface area contributed by atoms with Crippen molar-refractivity contribution < 1.29 is 20.1 Å². The van der Waals surface area contributed by atoms with Gasteiger partial charge in [-0.2, -0.15) is 0 Å². The van der Waals surface area contributed by atoms with Crippen molar-refractivity contribution in [3.05, 3.63) is 83.4 Å². The van der Waals surface area contributed by atoms with Crippen LogP contribution in [0.5, 0.6) is 0 Å². The molecule has 0 bridgehead atoms. The monoisotopic (exact) mass is 475 g/mol. The van der Waals surface area contributed by atoms with Crippen molar-refractivity contribution in [1.82, 2.24) is 19.5 Å². The fraction of sp³-hybridized carbons (Fsp3) is 0.346. The predicted molar refractivity (Wildman–Crippen MR) is 131 cm³/mol. The summed E-state index contributed by atoms with van der Waals surface area (Å²) in [5, 5.41) is 33.5. The van der Waals surface area contributed by atoms with E-state index in [1.165, 1.54) is 34.9 Å². The van der Waals surface area contributed by atoms with E-state index in [-0.39, 0.29) is 5.92 Å². The van der Waals surface area contributed by atoms with E-state index in [0.717, 1.165) is 0 Å². The topological polar surface area (TPSA) is 126 Å². The van der Waals surface area contributed by atoms with E-state index in [0.29, 0.717) is 23.5 Å².